The summed E-state index contributed by atoms with van der Waals surface area (Å²) in [6, 6.07) is 4.94. The minimum absolute atomic E-state index is 0.275. The molecule has 1 aromatic carbocycles. The lowest BCUT2D eigenvalue weighted by molar-refractivity contribution is 0.633. The molecular formula is C8H9FN2. The Kier molecular flexibility index (Phi) is 2.21. The van der Waals surface area contributed by atoms with Crippen molar-refractivity contribution in [2.24, 2.45) is 4.99 Å². The van der Waals surface area contributed by atoms with E-state index in [-0.39, 0.29) is 11.5 Å². The van der Waals surface area contributed by atoms with Gasteiger partial charge in [-0.25, -0.2) is 4.39 Å². The van der Waals surface area contributed by atoms with E-state index in [0.717, 1.165) is 0 Å². The van der Waals surface area contributed by atoms with Crippen LogP contribution in [0.2, 0.25) is 0 Å². The van der Waals surface area contributed by atoms with Crippen molar-refractivity contribution in [3.8, 4) is 0 Å². The third-order valence-corrected chi connectivity index (χ3v) is 1.42. The summed E-state index contributed by atoms with van der Waals surface area (Å²) in [5, 5.41) is 2.71. The predicted octanol–water partition coefficient (Wildman–Crippen LogP) is 2.20. The Balaban J connectivity index is 3.20. The molecule has 0 aromatic heterocycles. The Morgan fingerprint density at radius 2 is 2.27 bits per heavy atom. The first-order chi connectivity index (χ1) is 5.29. The molecule has 0 bridgehead atoms. The van der Waals surface area contributed by atoms with E-state index in [4.69, 9.17) is 0 Å². The summed E-state index contributed by atoms with van der Waals surface area (Å²) in [4.78, 5) is 3.51. The Morgan fingerprint density at radius 3 is 2.82 bits per heavy atom. The summed E-state index contributed by atoms with van der Waals surface area (Å²) < 4.78 is 13.1. The molecule has 1 aromatic rings. The van der Waals surface area contributed by atoms with Crippen molar-refractivity contribution < 1.29 is 4.39 Å². The maximum atomic E-state index is 13.1. The van der Waals surface area contributed by atoms with E-state index in [1.165, 1.54) is 0 Å². The van der Waals surface area contributed by atoms with Gasteiger partial charge in [-0.1, -0.05) is 6.07 Å². The largest absolute Gasteiger partial charge is 0.386 e. The van der Waals surface area contributed by atoms with E-state index >= 15 is 0 Å². The highest BCUT2D eigenvalue weighted by Crippen LogP contribution is 2.23. The molecule has 0 aliphatic carbocycles. The zero-order valence-corrected chi connectivity index (χ0v) is 6.26. The highest BCUT2D eigenvalue weighted by Gasteiger charge is 2.03. The first-order valence-electron chi connectivity index (χ1n) is 3.22. The number of hydrogen-bond donors (Lipinski definition) is 1. The quantitative estimate of drug-likeness (QED) is 0.645. The Morgan fingerprint density at radius 1 is 1.55 bits per heavy atom. The Labute approximate surface area is 64.8 Å². The second kappa shape index (κ2) is 3.14. The molecule has 0 unspecified atom stereocenters. The van der Waals surface area contributed by atoms with Crippen LogP contribution in [0.25, 0.3) is 0 Å². The molecule has 2 nitrogen and oxygen atoms in total. The minimum atomic E-state index is -0.356. The average Bonchev–Trinajstić information content (AvgIpc) is 2.05. The fraction of sp³-hybridized carbons (Fsp3) is 0.125. The van der Waals surface area contributed by atoms with E-state index in [1.54, 1.807) is 25.2 Å². The standard InChI is InChI=1S/C8H9FN2/c1-10-6-4-3-5-7(11-2)8(6)9/h3-5,11H,1H2,2H3. The van der Waals surface area contributed by atoms with Gasteiger partial charge >= 0.3 is 0 Å². The number of nitrogens with one attached hydrogen (secondary N) is 1. The van der Waals surface area contributed by atoms with Gasteiger partial charge in [-0.3, -0.25) is 4.99 Å². The highest BCUT2D eigenvalue weighted by atomic mass is 19.1. The summed E-state index contributed by atoms with van der Waals surface area (Å²) in [6.45, 7) is 3.25. The normalized spacial score (nSPS) is 9.27. The predicted molar refractivity (Wildman–Crippen MR) is 45.2 cm³/mol. The van der Waals surface area contributed by atoms with Crippen LogP contribution < -0.4 is 5.32 Å². The smallest absolute Gasteiger partial charge is 0.171 e. The van der Waals surface area contributed by atoms with Crippen molar-refractivity contribution in [2.75, 3.05) is 12.4 Å². The lowest BCUT2D eigenvalue weighted by Crippen LogP contribution is -1.91. The first kappa shape index (κ1) is 7.72. The van der Waals surface area contributed by atoms with Crippen LogP contribution in [0.5, 0.6) is 0 Å². The van der Waals surface area contributed by atoms with E-state index in [0.29, 0.717) is 5.69 Å². The molecule has 1 N–H and O–H groups in total. The topological polar surface area (TPSA) is 24.4 Å². The monoisotopic (exact) mass is 152 g/mol. The summed E-state index contributed by atoms with van der Waals surface area (Å²) in [5.41, 5.74) is 0.715. The third kappa shape index (κ3) is 1.37. The zero-order chi connectivity index (χ0) is 8.27. The SMILES string of the molecule is C=Nc1cccc(NC)c1F. The van der Waals surface area contributed by atoms with Crippen LogP contribution in [0.4, 0.5) is 15.8 Å². The molecule has 0 aliphatic heterocycles. The van der Waals surface area contributed by atoms with Gasteiger partial charge in [0, 0.05) is 7.05 Å². The average molecular weight is 152 g/mol. The Bertz CT molecular complexity index is 271. The lowest BCUT2D eigenvalue weighted by atomic mass is 10.2. The lowest BCUT2D eigenvalue weighted by Gasteiger charge is -2.02. The molecular weight excluding hydrogens is 143 g/mol. The fourth-order valence-electron chi connectivity index (χ4n) is 0.835. The molecule has 0 heterocycles. The van der Waals surface area contributed by atoms with Gasteiger partial charge in [0.15, 0.2) is 5.82 Å². The molecule has 0 spiro atoms. The van der Waals surface area contributed by atoms with Crippen molar-refractivity contribution in [1.29, 1.82) is 0 Å². The van der Waals surface area contributed by atoms with Gasteiger partial charge in [0.2, 0.25) is 0 Å². The number of rotatable bonds is 2. The highest BCUT2D eigenvalue weighted by molar-refractivity contribution is 5.57. The van der Waals surface area contributed by atoms with Crippen LogP contribution in [0.1, 0.15) is 0 Å². The van der Waals surface area contributed by atoms with E-state index in [1.807, 2.05) is 0 Å². The van der Waals surface area contributed by atoms with Gasteiger partial charge in [-0.15, -0.1) is 0 Å². The van der Waals surface area contributed by atoms with Crippen LogP contribution in [0.3, 0.4) is 0 Å². The third-order valence-electron chi connectivity index (χ3n) is 1.42. The number of anilines is 1. The molecule has 0 aliphatic rings. The number of hydrogen-bond acceptors (Lipinski definition) is 2. The van der Waals surface area contributed by atoms with Crippen LogP contribution >= 0.6 is 0 Å². The minimum Gasteiger partial charge on any atom is -0.386 e. The molecule has 0 radical (unpaired) electrons. The van der Waals surface area contributed by atoms with Crippen molar-refractivity contribution in [1.82, 2.24) is 0 Å². The van der Waals surface area contributed by atoms with Gasteiger partial charge in [0.25, 0.3) is 0 Å². The zero-order valence-electron chi connectivity index (χ0n) is 6.26. The molecule has 0 fully saturated rings. The summed E-state index contributed by atoms with van der Waals surface area (Å²) >= 11 is 0. The number of nitrogens with zero attached hydrogens (tertiary/aromatic N) is 1. The second-order valence-electron chi connectivity index (χ2n) is 2.05. The Hall–Kier alpha value is -1.38. The van der Waals surface area contributed by atoms with Crippen LogP contribution in [0, 0.1) is 5.82 Å². The van der Waals surface area contributed by atoms with E-state index in [2.05, 4.69) is 17.0 Å². The van der Waals surface area contributed by atoms with Crippen LogP contribution in [-0.2, 0) is 0 Å². The summed E-state index contributed by atoms with van der Waals surface area (Å²) in [6.07, 6.45) is 0. The fourth-order valence-corrected chi connectivity index (χ4v) is 0.835. The van der Waals surface area contributed by atoms with Gasteiger partial charge in [-0.2, -0.15) is 0 Å². The second-order valence-corrected chi connectivity index (χ2v) is 2.05. The van der Waals surface area contributed by atoms with Gasteiger partial charge in [0.1, 0.15) is 5.69 Å². The van der Waals surface area contributed by atoms with Gasteiger partial charge < -0.3 is 5.32 Å². The maximum absolute atomic E-state index is 13.1. The summed E-state index contributed by atoms with van der Waals surface area (Å²) in [7, 11) is 1.66. The molecule has 0 saturated carbocycles. The molecule has 1 rings (SSSR count). The number of aliphatic imine (C=N–C) groups is 1. The van der Waals surface area contributed by atoms with E-state index in [9.17, 15) is 4.39 Å². The van der Waals surface area contributed by atoms with Gasteiger partial charge in [0.05, 0.1) is 5.69 Å². The maximum Gasteiger partial charge on any atom is 0.171 e. The molecule has 11 heavy (non-hydrogen) atoms. The molecule has 0 saturated heterocycles. The molecule has 0 amide bonds. The van der Waals surface area contributed by atoms with Gasteiger partial charge in [-0.05, 0) is 18.9 Å². The van der Waals surface area contributed by atoms with E-state index < -0.39 is 0 Å². The molecule has 0 atom stereocenters. The van der Waals surface area contributed by atoms with Crippen molar-refractivity contribution in [3.05, 3.63) is 24.0 Å². The van der Waals surface area contributed by atoms with Crippen LogP contribution in [-0.4, -0.2) is 13.8 Å². The molecule has 58 valence electrons. The van der Waals surface area contributed by atoms with Crippen molar-refractivity contribution >= 4 is 18.1 Å². The van der Waals surface area contributed by atoms with Crippen molar-refractivity contribution in [3.63, 3.8) is 0 Å². The number of benzene rings is 1. The van der Waals surface area contributed by atoms with Crippen LogP contribution in [0.15, 0.2) is 23.2 Å². The molecule has 3 heteroatoms. The first-order valence-corrected chi connectivity index (χ1v) is 3.22. The number of halogens is 1. The van der Waals surface area contributed by atoms with Crippen molar-refractivity contribution in [2.45, 2.75) is 0 Å². The summed E-state index contributed by atoms with van der Waals surface area (Å²) in [5.74, 6) is -0.356.